The maximum absolute atomic E-state index is 12.3. The van der Waals surface area contributed by atoms with Crippen LogP contribution in [0.2, 0.25) is 5.02 Å². The molecule has 0 unspecified atom stereocenters. The van der Waals surface area contributed by atoms with Crippen LogP contribution in [0.25, 0.3) is 0 Å². The van der Waals surface area contributed by atoms with Crippen molar-refractivity contribution in [1.82, 2.24) is 9.97 Å². The molecule has 1 aromatic heterocycles. The van der Waals surface area contributed by atoms with Gasteiger partial charge in [0, 0.05) is 24.6 Å². The van der Waals surface area contributed by atoms with Crippen molar-refractivity contribution in [2.75, 3.05) is 14.2 Å². The van der Waals surface area contributed by atoms with Crippen LogP contribution < -0.4 is 9.47 Å². The predicted molar refractivity (Wildman–Crippen MR) is 88.4 cm³/mol. The molecule has 5 nitrogen and oxygen atoms in total. The van der Waals surface area contributed by atoms with Gasteiger partial charge in [-0.1, -0.05) is 18.5 Å². The number of aromatic nitrogens is 2. The highest BCUT2D eigenvalue weighted by Gasteiger charge is 2.14. The molecule has 23 heavy (non-hydrogen) atoms. The Bertz CT molecular complexity index is 704. The summed E-state index contributed by atoms with van der Waals surface area (Å²) in [5.74, 6) is 1.11. The first-order valence-electron chi connectivity index (χ1n) is 7.29. The second-order valence-corrected chi connectivity index (χ2v) is 5.43. The van der Waals surface area contributed by atoms with E-state index in [0.29, 0.717) is 27.8 Å². The van der Waals surface area contributed by atoms with Crippen molar-refractivity contribution >= 4 is 17.4 Å². The minimum absolute atomic E-state index is 0.0166. The zero-order valence-electron chi connectivity index (χ0n) is 13.4. The molecule has 2 aromatic rings. The molecule has 6 heteroatoms. The summed E-state index contributed by atoms with van der Waals surface area (Å²) < 4.78 is 10.4. The van der Waals surface area contributed by atoms with E-state index < -0.39 is 0 Å². The Labute approximate surface area is 140 Å². The first-order valence-corrected chi connectivity index (χ1v) is 7.67. The van der Waals surface area contributed by atoms with Gasteiger partial charge in [-0.05, 0) is 24.1 Å². The van der Waals surface area contributed by atoms with E-state index in [9.17, 15) is 4.79 Å². The zero-order valence-corrected chi connectivity index (χ0v) is 14.2. The number of carbonyl (C=O) groups is 1. The number of ether oxygens (including phenoxy) is 2. The lowest BCUT2D eigenvalue weighted by Gasteiger charge is -2.11. The van der Waals surface area contributed by atoms with Gasteiger partial charge >= 0.3 is 0 Å². The summed E-state index contributed by atoms with van der Waals surface area (Å²) in [6.07, 6.45) is 2.73. The van der Waals surface area contributed by atoms with E-state index in [2.05, 4.69) is 9.97 Å². The summed E-state index contributed by atoms with van der Waals surface area (Å²) >= 11 is 6.27. The Morgan fingerprint density at radius 2 is 1.83 bits per heavy atom. The van der Waals surface area contributed by atoms with Gasteiger partial charge in [0.05, 0.1) is 24.9 Å². The highest BCUT2D eigenvalue weighted by atomic mass is 35.5. The second-order valence-electron chi connectivity index (χ2n) is 5.05. The molecule has 0 aliphatic carbocycles. The number of halogens is 1. The van der Waals surface area contributed by atoms with Crippen molar-refractivity contribution in [3.63, 3.8) is 0 Å². The number of ketones is 1. The quantitative estimate of drug-likeness (QED) is 0.778. The molecule has 0 aliphatic heterocycles. The van der Waals surface area contributed by atoms with E-state index in [0.717, 1.165) is 12.1 Å². The summed E-state index contributed by atoms with van der Waals surface area (Å²) in [5, 5.41) is 0.429. The number of methoxy groups -OCH3 is 2. The van der Waals surface area contributed by atoms with Gasteiger partial charge in [-0.15, -0.1) is 0 Å². The Hall–Kier alpha value is -2.14. The smallest absolute Gasteiger partial charge is 0.143 e. The van der Waals surface area contributed by atoms with E-state index in [1.165, 1.54) is 13.4 Å². The van der Waals surface area contributed by atoms with Crippen LogP contribution >= 0.6 is 11.6 Å². The molecule has 0 saturated heterocycles. The van der Waals surface area contributed by atoms with Crippen LogP contribution in [0.15, 0.2) is 24.5 Å². The molecule has 0 spiro atoms. The topological polar surface area (TPSA) is 61.3 Å². The second kappa shape index (κ2) is 7.92. The maximum Gasteiger partial charge on any atom is 0.143 e. The first-order chi connectivity index (χ1) is 11.1. The highest BCUT2D eigenvalue weighted by Crippen LogP contribution is 2.33. The Morgan fingerprint density at radius 3 is 2.48 bits per heavy atom. The van der Waals surface area contributed by atoms with Gasteiger partial charge in [-0.3, -0.25) is 4.79 Å². The average molecular weight is 335 g/mol. The van der Waals surface area contributed by atoms with Crippen molar-refractivity contribution in [1.29, 1.82) is 0 Å². The van der Waals surface area contributed by atoms with Gasteiger partial charge in [0.25, 0.3) is 0 Å². The molecule has 0 atom stereocenters. The normalized spacial score (nSPS) is 10.4. The number of carbonyl (C=O) groups excluding carboxylic acids is 1. The number of benzene rings is 1. The van der Waals surface area contributed by atoms with Crippen LogP contribution in [0.3, 0.4) is 0 Å². The molecular formula is C17H19ClN2O3. The lowest BCUT2D eigenvalue weighted by atomic mass is 10.0. The number of hydrogen-bond acceptors (Lipinski definition) is 5. The Morgan fingerprint density at radius 1 is 1.09 bits per heavy atom. The van der Waals surface area contributed by atoms with E-state index in [1.807, 2.05) is 13.0 Å². The summed E-state index contributed by atoms with van der Waals surface area (Å²) in [5.41, 5.74) is 2.31. The Kier molecular flexibility index (Phi) is 5.93. The largest absolute Gasteiger partial charge is 0.497 e. The van der Waals surface area contributed by atoms with E-state index >= 15 is 0 Å². The molecule has 0 N–H and O–H groups in total. The molecule has 0 bridgehead atoms. The van der Waals surface area contributed by atoms with Gasteiger partial charge in [0.15, 0.2) is 0 Å². The molecule has 0 radical (unpaired) electrons. The molecule has 2 rings (SSSR count). The van der Waals surface area contributed by atoms with Gasteiger partial charge in [0.2, 0.25) is 0 Å². The molecule has 1 heterocycles. The standard InChI is InChI=1S/C17H19ClN2O3/c1-4-12-7-13(20-10-19-12)8-14(21)5-11-6-15(22-2)9-16(23-3)17(11)18/h6-7,9-10H,4-5,8H2,1-3H3. The first kappa shape index (κ1) is 17.2. The van der Waals surface area contributed by atoms with Crippen molar-refractivity contribution in [3.8, 4) is 11.5 Å². The summed E-state index contributed by atoms with van der Waals surface area (Å²) in [6, 6.07) is 5.29. The molecule has 0 aliphatic rings. The number of rotatable bonds is 7. The Balaban J connectivity index is 2.16. The van der Waals surface area contributed by atoms with Crippen LogP contribution in [0.1, 0.15) is 23.9 Å². The van der Waals surface area contributed by atoms with Crippen molar-refractivity contribution < 1.29 is 14.3 Å². The molecular weight excluding hydrogens is 316 g/mol. The van der Waals surface area contributed by atoms with Crippen molar-refractivity contribution in [3.05, 3.63) is 46.5 Å². The number of aryl methyl sites for hydroxylation is 1. The van der Waals surface area contributed by atoms with E-state index in [1.54, 1.807) is 19.2 Å². The van der Waals surface area contributed by atoms with Crippen molar-refractivity contribution in [2.24, 2.45) is 0 Å². The summed E-state index contributed by atoms with van der Waals surface area (Å²) in [7, 11) is 3.08. The third-order valence-corrected chi connectivity index (χ3v) is 3.88. The predicted octanol–water partition coefficient (Wildman–Crippen LogP) is 3.06. The van der Waals surface area contributed by atoms with Crippen LogP contribution in [0, 0.1) is 0 Å². The number of hydrogen-bond donors (Lipinski definition) is 0. The van der Waals surface area contributed by atoms with Crippen LogP contribution in [-0.2, 0) is 24.1 Å². The fourth-order valence-electron chi connectivity index (χ4n) is 2.23. The number of Topliss-reactive ketones (excluding diaryl/α,β-unsaturated/α-hetero) is 1. The van der Waals surface area contributed by atoms with E-state index in [4.69, 9.17) is 21.1 Å². The summed E-state index contributed by atoms with van der Waals surface area (Å²) in [6.45, 7) is 2.01. The monoisotopic (exact) mass is 334 g/mol. The molecule has 0 amide bonds. The number of nitrogens with zero attached hydrogens (tertiary/aromatic N) is 2. The van der Waals surface area contributed by atoms with Crippen molar-refractivity contribution in [2.45, 2.75) is 26.2 Å². The van der Waals surface area contributed by atoms with E-state index in [-0.39, 0.29) is 18.6 Å². The zero-order chi connectivity index (χ0) is 16.8. The minimum Gasteiger partial charge on any atom is -0.497 e. The summed E-state index contributed by atoms with van der Waals surface area (Å²) in [4.78, 5) is 20.6. The van der Waals surface area contributed by atoms with Gasteiger partial charge in [-0.25, -0.2) is 9.97 Å². The lowest BCUT2D eigenvalue weighted by molar-refractivity contribution is -0.117. The average Bonchev–Trinajstić information content (AvgIpc) is 2.56. The van der Waals surface area contributed by atoms with Crippen LogP contribution in [-0.4, -0.2) is 30.0 Å². The third-order valence-electron chi connectivity index (χ3n) is 3.45. The minimum atomic E-state index is 0.0166. The fraction of sp³-hybridized carbons (Fsp3) is 0.353. The van der Waals surface area contributed by atoms with Gasteiger partial charge in [0.1, 0.15) is 23.6 Å². The highest BCUT2D eigenvalue weighted by molar-refractivity contribution is 6.33. The maximum atomic E-state index is 12.3. The van der Waals surface area contributed by atoms with Gasteiger partial charge < -0.3 is 9.47 Å². The van der Waals surface area contributed by atoms with Crippen LogP contribution in [0.4, 0.5) is 0 Å². The lowest BCUT2D eigenvalue weighted by Crippen LogP contribution is -2.09. The van der Waals surface area contributed by atoms with Gasteiger partial charge in [-0.2, -0.15) is 0 Å². The molecule has 122 valence electrons. The molecule has 1 aromatic carbocycles. The third kappa shape index (κ3) is 4.42. The molecule has 0 saturated carbocycles. The SMILES string of the molecule is CCc1cc(CC(=O)Cc2cc(OC)cc(OC)c2Cl)ncn1. The van der Waals surface area contributed by atoms with Crippen LogP contribution in [0.5, 0.6) is 11.5 Å². The fourth-order valence-corrected chi connectivity index (χ4v) is 2.49. The molecule has 0 fully saturated rings.